The van der Waals surface area contributed by atoms with Crippen LogP contribution in [-0.2, 0) is 0 Å². The quantitative estimate of drug-likeness (QED) is 0.473. The Bertz CT molecular complexity index is 1100. The molecule has 0 unspecified atom stereocenters. The van der Waals surface area contributed by atoms with E-state index in [-0.39, 0.29) is 0 Å². The van der Waals surface area contributed by atoms with Crippen LogP contribution in [0.5, 0.6) is 0 Å². The summed E-state index contributed by atoms with van der Waals surface area (Å²) in [5.74, 6) is 1.80. The number of rotatable bonds is 5. The van der Waals surface area contributed by atoms with Gasteiger partial charge < -0.3 is 10.6 Å². The van der Waals surface area contributed by atoms with Crippen LogP contribution in [0.25, 0.3) is 5.57 Å². The maximum Gasteiger partial charge on any atom is 0.232 e. The molecule has 0 radical (unpaired) electrons. The average Bonchev–Trinajstić information content (AvgIpc) is 2.97. The van der Waals surface area contributed by atoms with E-state index in [4.69, 9.17) is 15.0 Å². The molecule has 0 bridgehead atoms. The highest BCUT2D eigenvalue weighted by molar-refractivity contribution is 5.73. The third kappa shape index (κ3) is 8.53. The van der Waals surface area contributed by atoms with Crippen LogP contribution < -0.4 is 10.6 Å². The minimum absolute atomic E-state index is 0.383. The van der Waals surface area contributed by atoms with E-state index in [2.05, 4.69) is 10.6 Å². The Balaban J connectivity index is 1.66. The highest BCUT2D eigenvalue weighted by Crippen LogP contribution is 2.22. The topological polar surface area (TPSA) is 62.7 Å². The van der Waals surface area contributed by atoms with Crippen molar-refractivity contribution >= 4 is 23.2 Å². The van der Waals surface area contributed by atoms with E-state index in [1.807, 2.05) is 97.1 Å². The highest BCUT2D eigenvalue weighted by atomic mass is 15.2. The van der Waals surface area contributed by atoms with Crippen LogP contribution in [-0.4, -0.2) is 21.0 Å². The van der Waals surface area contributed by atoms with Crippen LogP contribution in [0.2, 0.25) is 0 Å². The third-order valence-corrected chi connectivity index (χ3v) is 6.05. The Morgan fingerprint density at radius 1 is 0.600 bits per heavy atom. The molecule has 0 spiro atoms. The number of allylic oxidation sites excluding steroid dienone is 8. The summed E-state index contributed by atoms with van der Waals surface area (Å²) in [5, 5.41) is 7.04. The SMILES string of the molecule is C1=C\C=C/C(c2nc(Nc3ccccccccc3)nc(NC3CCCCCCCC3)n2)=C\C=C/1. The normalized spacial score (nSPS) is 20.7. The lowest BCUT2D eigenvalue weighted by molar-refractivity contribution is 0.559. The maximum absolute atomic E-state index is 4.83. The van der Waals surface area contributed by atoms with E-state index in [0.717, 1.165) is 24.1 Å². The van der Waals surface area contributed by atoms with Gasteiger partial charge >= 0.3 is 0 Å². The summed E-state index contributed by atoms with van der Waals surface area (Å²) in [6.45, 7) is 0. The Kier molecular flexibility index (Phi) is 9.65. The fourth-order valence-electron chi connectivity index (χ4n) is 4.21. The van der Waals surface area contributed by atoms with Crippen molar-refractivity contribution in [3.63, 3.8) is 0 Å². The summed E-state index contributed by atoms with van der Waals surface area (Å²) in [6.07, 6.45) is 24.2. The van der Waals surface area contributed by atoms with Gasteiger partial charge in [-0.25, -0.2) is 0 Å². The van der Waals surface area contributed by atoms with E-state index in [1.165, 1.54) is 38.5 Å². The van der Waals surface area contributed by atoms with E-state index < -0.39 is 0 Å². The van der Waals surface area contributed by atoms with E-state index >= 15 is 0 Å². The number of hydrogen-bond donors (Lipinski definition) is 2. The van der Waals surface area contributed by atoms with Gasteiger partial charge in [0.05, 0.1) is 0 Å². The summed E-state index contributed by atoms with van der Waals surface area (Å²) in [4.78, 5) is 14.4. The minimum Gasteiger partial charge on any atom is -0.351 e. The smallest absolute Gasteiger partial charge is 0.232 e. The molecular formula is C30H35N5. The Morgan fingerprint density at radius 3 is 1.94 bits per heavy atom. The van der Waals surface area contributed by atoms with Crippen LogP contribution >= 0.6 is 0 Å². The van der Waals surface area contributed by atoms with Gasteiger partial charge in [-0.1, -0.05) is 124 Å². The number of nitrogens with one attached hydrogen (secondary N) is 2. The van der Waals surface area contributed by atoms with Gasteiger partial charge in [-0.3, -0.25) is 0 Å². The molecule has 1 aromatic heterocycles. The molecule has 0 amide bonds. The Labute approximate surface area is 209 Å². The molecular weight excluding hydrogens is 430 g/mol. The first-order valence-corrected chi connectivity index (χ1v) is 12.8. The average molecular weight is 466 g/mol. The lowest BCUT2D eigenvalue weighted by atomic mass is 10.1. The van der Waals surface area contributed by atoms with Gasteiger partial charge in [-0.15, -0.1) is 0 Å². The van der Waals surface area contributed by atoms with Crippen LogP contribution in [0.3, 0.4) is 0 Å². The molecule has 35 heavy (non-hydrogen) atoms. The second-order valence-corrected chi connectivity index (χ2v) is 8.86. The zero-order valence-corrected chi connectivity index (χ0v) is 20.3. The Morgan fingerprint density at radius 2 is 1.20 bits per heavy atom. The van der Waals surface area contributed by atoms with Crippen molar-refractivity contribution in [1.82, 2.24) is 15.0 Å². The van der Waals surface area contributed by atoms with Crippen molar-refractivity contribution in [3.8, 4) is 0 Å². The summed E-state index contributed by atoms with van der Waals surface area (Å²) < 4.78 is 0. The molecule has 1 aromatic carbocycles. The van der Waals surface area contributed by atoms with Gasteiger partial charge in [-0.2, -0.15) is 15.0 Å². The zero-order chi connectivity index (χ0) is 24.0. The molecule has 1 fully saturated rings. The van der Waals surface area contributed by atoms with E-state index in [1.54, 1.807) is 0 Å². The molecule has 0 saturated heterocycles. The van der Waals surface area contributed by atoms with Gasteiger partial charge in [0, 0.05) is 17.3 Å². The summed E-state index contributed by atoms with van der Waals surface area (Å²) >= 11 is 0. The highest BCUT2D eigenvalue weighted by Gasteiger charge is 2.15. The van der Waals surface area contributed by atoms with Gasteiger partial charge in [0.15, 0.2) is 5.82 Å². The first-order valence-electron chi connectivity index (χ1n) is 12.8. The lowest BCUT2D eigenvalue weighted by Gasteiger charge is -2.19. The standard InChI is InChI=1S/C30H35N5/c1-2-9-15-21-26(22-16-10-3-1)31-29-33-28(25-19-13-7-6-8-14-20-25)34-30(35-29)32-27-23-17-11-4-5-12-18-24-27/h1-3,6-10,13-16,19-22,27H,4-5,11-12,17-18,23-24H2,(H2,31,32,33,34,35)/b2-1?,3-1?,7-6-,8-6?,9-2?,10-3?,13-7?,14-8-,15-9?,16-10?,19-13-,20-14?,21-15?,22-16?,25-19?,25-20+,26-21?,26-22?. The maximum atomic E-state index is 4.83. The second kappa shape index (κ2) is 13.9. The molecule has 0 aliphatic heterocycles. The van der Waals surface area contributed by atoms with Crippen molar-refractivity contribution in [2.75, 3.05) is 10.6 Å². The largest absolute Gasteiger partial charge is 0.351 e. The van der Waals surface area contributed by atoms with Gasteiger partial charge in [0.2, 0.25) is 11.9 Å². The van der Waals surface area contributed by atoms with Crippen molar-refractivity contribution in [2.24, 2.45) is 0 Å². The van der Waals surface area contributed by atoms with Crippen LogP contribution in [0.15, 0.2) is 97.1 Å². The number of hydrogen-bond acceptors (Lipinski definition) is 5. The molecule has 1 saturated carbocycles. The number of nitrogens with zero attached hydrogens (tertiary/aromatic N) is 3. The van der Waals surface area contributed by atoms with Gasteiger partial charge in [-0.05, 0) is 25.0 Å². The summed E-state index contributed by atoms with van der Waals surface area (Å²) in [6, 6.07) is 18.4. The lowest BCUT2D eigenvalue weighted by Crippen LogP contribution is -2.22. The van der Waals surface area contributed by atoms with E-state index in [0.29, 0.717) is 23.8 Å². The first kappa shape index (κ1) is 24.4. The molecule has 0 atom stereocenters. The molecule has 1 heterocycles. The monoisotopic (exact) mass is 465 g/mol. The molecule has 2 aliphatic rings. The molecule has 180 valence electrons. The van der Waals surface area contributed by atoms with Crippen molar-refractivity contribution in [1.29, 1.82) is 0 Å². The molecule has 5 heteroatoms. The van der Waals surface area contributed by atoms with Gasteiger partial charge in [0.1, 0.15) is 0 Å². The first-order chi connectivity index (χ1) is 17.4. The van der Waals surface area contributed by atoms with Crippen molar-refractivity contribution in [3.05, 3.63) is 103 Å². The predicted molar refractivity (Wildman–Crippen MR) is 147 cm³/mol. The summed E-state index contributed by atoms with van der Waals surface area (Å²) in [7, 11) is 0. The zero-order valence-electron chi connectivity index (χ0n) is 20.3. The molecule has 2 aromatic rings. The second-order valence-electron chi connectivity index (χ2n) is 8.86. The predicted octanol–water partition coefficient (Wildman–Crippen LogP) is 7.72. The van der Waals surface area contributed by atoms with Crippen molar-refractivity contribution < 1.29 is 0 Å². The molecule has 4 rings (SSSR count). The molecule has 2 N–H and O–H groups in total. The molecule has 5 nitrogen and oxygen atoms in total. The van der Waals surface area contributed by atoms with Crippen LogP contribution in [0, 0.1) is 0 Å². The van der Waals surface area contributed by atoms with Crippen molar-refractivity contribution in [2.45, 2.75) is 57.4 Å². The van der Waals surface area contributed by atoms with Gasteiger partial charge in [0.25, 0.3) is 0 Å². The van der Waals surface area contributed by atoms with E-state index in [9.17, 15) is 0 Å². The molecule has 2 aliphatic carbocycles. The summed E-state index contributed by atoms with van der Waals surface area (Å²) in [5.41, 5.74) is 1.84. The van der Waals surface area contributed by atoms with Crippen LogP contribution in [0.4, 0.5) is 17.6 Å². The minimum atomic E-state index is 0.383. The fourth-order valence-corrected chi connectivity index (χ4v) is 4.21. The number of anilines is 3. The third-order valence-electron chi connectivity index (χ3n) is 6.05. The number of aromatic nitrogens is 3. The Hall–Kier alpha value is -3.73. The van der Waals surface area contributed by atoms with Crippen LogP contribution in [0.1, 0.15) is 57.2 Å². The fraction of sp³-hybridized carbons (Fsp3) is 0.300.